The second kappa shape index (κ2) is 9.12. The van der Waals surface area contributed by atoms with Crippen LogP contribution in [0.25, 0.3) is 0 Å². The van der Waals surface area contributed by atoms with Crippen LogP contribution in [-0.4, -0.2) is 60.7 Å². The van der Waals surface area contributed by atoms with Crippen molar-refractivity contribution in [3.63, 3.8) is 0 Å². The van der Waals surface area contributed by atoms with Crippen molar-refractivity contribution >= 4 is 23.6 Å². The van der Waals surface area contributed by atoms with Gasteiger partial charge in [-0.2, -0.15) is 0 Å². The average molecular weight is 383 g/mol. The molecule has 1 aliphatic rings. The van der Waals surface area contributed by atoms with E-state index < -0.39 is 0 Å². The van der Waals surface area contributed by atoms with Crippen molar-refractivity contribution in [2.75, 3.05) is 32.8 Å². The van der Waals surface area contributed by atoms with E-state index >= 15 is 0 Å². The molecule has 144 valence electrons. The predicted octanol–water partition coefficient (Wildman–Crippen LogP) is 3.68. The normalized spacial score (nSPS) is 14.7. The maximum atomic E-state index is 12.9. The lowest BCUT2D eigenvalue weighted by Crippen LogP contribution is -2.50. The van der Waals surface area contributed by atoms with Crippen molar-refractivity contribution in [3.05, 3.63) is 28.8 Å². The largest absolute Gasteiger partial charge is 0.490 e. The van der Waals surface area contributed by atoms with Crippen LogP contribution in [0.15, 0.2) is 18.2 Å². The van der Waals surface area contributed by atoms with Gasteiger partial charge in [-0.15, -0.1) is 0 Å². The number of carbonyl (C=O) groups is 2. The summed E-state index contributed by atoms with van der Waals surface area (Å²) in [7, 11) is 0. The first-order chi connectivity index (χ1) is 12.3. The summed E-state index contributed by atoms with van der Waals surface area (Å²) in [4.78, 5) is 28.3. The SMILES string of the molecule is CC(C)COC(=O)N1CCN(C(=O)c2cc(Cl)ccc2OC(C)C)CC1. The second-order valence-corrected chi connectivity index (χ2v) is 7.49. The van der Waals surface area contributed by atoms with Crippen molar-refractivity contribution in [1.29, 1.82) is 0 Å². The molecule has 0 atom stereocenters. The van der Waals surface area contributed by atoms with Crippen molar-refractivity contribution in [3.8, 4) is 5.75 Å². The zero-order chi connectivity index (χ0) is 19.3. The molecule has 1 aromatic carbocycles. The van der Waals surface area contributed by atoms with Crippen molar-refractivity contribution in [2.45, 2.75) is 33.8 Å². The van der Waals surface area contributed by atoms with Gasteiger partial charge in [0.25, 0.3) is 5.91 Å². The number of amides is 2. The highest BCUT2D eigenvalue weighted by atomic mass is 35.5. The van der Waals surface area contributed by atoms with Gasteiger partial charge in [-0.3, -0.25) is 4.79 Å². The van der Waals surface area contributed by atoms with Crippen LogP contribution in [0.3, 0.4) is 0 Å². The van der Waals surface area contributed by atoms with Gasteiger partial charge < -0.3 is 19.3 Å². The van der Waals surface area contributed by atoms with Crippen molar-refractivity contribution in [1.82, 2.24) is 9.80 Å². The maximum Gasteiger partial charge on any atom is 0.409 e. The fourth-order valence-corrected chi connectivity index (χ4v) is 2.79. The number of halogens is 1. The minimum Gasteiger partial charge on any atom is -0.490 e. The van der Waals surface area contributed by atoms with Crippen LogP contribution in [0, 0.1) is 5.92 Å². The Balaban J connectivity index is 2.00. The maximum absolute atomic E-state index is 12.9. The summed E-state index contributed by atoms with van der Waals surface area (Å²) in [5.74, 6) is 0.676. The summed E-state index contributed by atoms with van der Waals surface area (Å²) in [6.45, 7) is 9.99. The van der Waals surface area contributed by atoms with Gasteiger partial charge in [-0.05, 0) is 38.0 Å². The second-order valence-electron chi connectivity index (χ2n) is 7.06. The number of ether oxygens (including phenoxy) is 2. The predicted molar refractivity (Wildman–Crippen MR) is 101 cm³/mol. The molecular weight excluding hydrogens is 356 g/mol. The molecule has 0 aromatic heterocycles. The van der Waals surface area contributed by atoms with Gasteiger partial charge in [0.15, 0.2) is 0 Å². The van der Waals surface area contributed by atoms with E-state index in [2.05, 4.69) is 0 Å². The lowest BCUT2D eigenvalue weighted by molar-refractivity contribution is 0.0531. The molecule has 26 heavy (non-hydrogen) atoms. The Bertz CT molecular complexity index is 640. The number of piperazine rings is 1. The zero-order valence-electron chi connectivity index (χ0n) is 15.8. The standard InChI is InChI=1S/C19H27ClN2O4/c1-13(2)12-25-19(24)22-9-7-21(8-10-22)18(23)16-11-15(20)5-6-17(16)26-14(3)4/h5-6,11,13-14H,7-10,12H2,1-4H3. The monoisotopic (exact) mass is 382 g/mol. The van der Waals surface area contributed by atoms with Crippen LogP contribution in [0.4, 0.5) is 4.79 Å². The first-order valence-corrected chi connectivity index (χ1v) is 9.33. The third kappa shape index (κ3) is 5.53. The molecule has 0 radical (unpaired) electrons. The Kier molecular flexibility index (Phi) is 7.14. The van der Waals surface area contributed by atoms with Crippen LogP contribution >= 0.6 is 11.6 Å². The summed E-state index contributed by atoms with van der Waals surface area (Å²) in [6.07, 6.45) is -0.368. The van der Waals surface area contributed by atoms with Gasteiger partial charge in [0.05, 0.1) is 18.3 Å². The summed E-state index contributed by atoms with van der Waals surface area (Å²) < 4.78 is 11.0. The number of hydrogen-bond donors (Lipinski definition) is 0. The van der Waals surface area contributed by atoms with Gasteiger partial charge in [-0.25, -0.2) is 4.79 Å². The van der Waals surface area contributed by atoms with Crippen molar-refractivity contribution < 1.29 is 19.1 Å². The molecule has 1 aromatic rings. The van der Waals surface area contributed by atoms with E-state index in [4.69, 9.17) is 21.1 Å². The number of hydrogen-bond acceptors (Lipinski definition) is 4. The van der Waals surface area contributed by atoms with Gasteiger partial charge in [0, 0.05) is 31.2 Å². The van der Waals surface area contributed by atoms with Gasteiger partial charge in [0.1, 0.15) is 5.75 Å². The molecule has 6 nitrogen and oxygen atoms in total. The van der Waals surface area contributed by atoms with E-state index in [0.717, 1.165) is 0 Å². The number of rotatable bonds is 5. The smallest absolute Gasteiger partial charge is 0.409 e. The van der Waals surface area contributed by atoms with Crippen molar-refractivity contribution in [2.24, 2.45) is 5.92 Å². The highest BCUT2D eigenvalue weighted by Gasteiger charge is 2.27. The average Bonchev–Trinajstić information content (AvgIpc) is 2.60. The highest BCUT2D eigenvalue weighted by Crippen LogP contribution is 2.26. The van der Waals surface area contributed by atoms with Gasteiger partial charge in [-0.1, -0.05) is 25.4 Å². The first-order valence-electron chi connectivity index (χ1n) is 8.95. The van der Waals surface area contributed by atoms with E-state index in [-0.39, 0.29) is 18.1 Å². The highest BCUT2D eigenvalue weighted by molar-refractivity contribution is 6.31. The molecule has 1 aliphatic heterocycles. The Hall–Kier alpha value is -1.95. The number of benzene rings is 1. The number of carbonyl (C=O) groups excluding carboxylic acids is 2. The molecule has 1 fully saturated rings. The van der Waals surface area contributed by atoms with Crippen LogP contribution < -0.4 is 4.74 Å². The van der Waals surface area contributed by atoms with Crippen LogP contribution in [0.1, 0.15) is 38.1 Å². The zero-order valence-corrected chi connectivity index (χ0v) is 16.6. The fourth-order valence-electron chi connectivity index (χ4n) is 2.62. The molecule has 2 amide bonds. The van der Waals surface area contributed by atoms with E-state index in [1.165, 1.54) is 0 Å². The molecular formula is C19H27ClN2O4. The van der Waals surface area contributed by atoms with E-state index in [9.17, 15) is 9.59 Å². The number of nitrogens with zero attached hydrogens (tertiary/aromatic N) is 2. The molecule has 1 saturated heterocycles. The fraction of sp³-hybridized carbons (Fsp3) is 0.579. The minimum absolute atomic E-state index is 0.0460. The first kappa shape index (κ1) is 20.4. The summed E-state index contributed by atoms with van der Waals surface area (Å²) in [5, 5.41) is 0.486. The van der Waals surface area contributed by atoms with Crippen LogP contribution in [-0.2, 0) is 4.74 Å². The van der Waals surface area contributed by atoms with E-state index in [1.807, 2.05) is 27.7 Å². The van der Waals surface area contributed by atoms with E-state index in [0.29, 0.717) is 55.0 Å². The van der Waals surface area contributed by atoms with Gasteiger partial charge in [0.2, 0.25) is 0 Å². The van der Waals surface area contributed by atoms with Crippen LogP contribution in [0.2, 0.25) is 5.02 Å². The van der Waals surface area contributed by atoms with E-state index in [1.54, 1.807) is 28.0 Å². The molecule has 0 N–H and O–H groups in total. The Morgan fingerprint density at radius 3 is 2.27 bits per heavy atom. The molecule has 0 saturated carbocycles. The molecule has 0 spiro atoms. The topological polar surface area (TPSA) is 59.1 Å². The lowest BCUT2D eigenvalue weighted by atomic mass is 10.1. The summed E-state index contributed by atoms with van der Waals surface area (Å²) >= 11 is 6.07. The molecule has 0 unspecified atom stereocenters. The molecule has 1 heterocycles. The molecule has 0 bridgehead atoms. The summed E-state index contributed by atoms with van der Waals surface area (Å²) in [5.41, 5.74) is 0.446. The Morgan fingerprint density at radius 2 is 1.69 bits per heavy atom. The molecule has 2 rings (SSSR count). The third-order valence-corrected chi connectivity index (χ3v) is 4.14. The Labute approximate surface area is 160 Å². The lowest BCUT2D eigenvalue weighted by Gasteiger charge is -2.34. The van der Waals surface area contributed by atoms with Gasteiger partial charge >= 0.3 is 6.09 Å². The third-order valence-electron chi connectivity index (χ3n) is 3.90. The molecule has 0 aliphatic carbocycles. The summed E-state index contributed by atoms with van der Waals surface area (Å²) in [6, 6.07) is 5.05. The minimum atomic E-state index is -0.322. The molecule has 7 heteroatoms. The quantitative estimate of drug-likeness (QED) is 0.779. The van der Waals surface area contributed by atoms with Crippen LogP contribution in [0.5, 0.6) is 5.75 Å². The Morgan fingerprint density at radius 1 is 1.08 bits per heavy atom.